The van der Waals surface area contributed by atoms with Crippen LogP contribution >= 0.6 is 0 Å². The molecule has 3 aromatic rings. The summed E-state index contributed by atoms with van der Waals surface area (Å²) in [6, 6.07) is 11.7. The van der Waals surface area contributed by atoms with Gasteiger partial charge >= 0.3 is 0 Å². The third-order valence-electron chi connectivity index (χ3n) is 6.94. The number of benzene rings is 2. The largest absolute Gasteiger partial charge is 0.336 e. The Morgan fingerprint density at radius 1 is 1.12 bits per heavy atom. The van der Waals surface area contributed by atoms with Gasteiger partial charge in [0.1, 0.15) is 5.82 Å². The fraction of sp³-hybridized carbons (Fsp3) is 0.462. The van der Waals surface area contributed by atoms with E-state index in [-0.39, 0.29) is 16.8 Å². The average Bonchev–Trinajstić information content (AvgIpc) is 3.43. The van der Waals surface area contributed by atoms with Crippen LogP contribution in [0.3, 0.4) is 0 Å². The standard InChI is InChI=1S/C26H34N4O3S/c1-6-29-24-12-11-21(34(32,33)28(4)5)17-22(24)27-25(29)13-14-26(31)30-15-7-8-23(30)20-10-9-18(2)19(3)16-20/h9-12,16-17,23H,6-8,13-15H2,1-5H3. The van der Waals surface area contributed by atoms with E-state index >= 15 is 0 Å². The lowest BCUT2D eigenvalue weighted by molar-refractivity contribution is -0.132. The van der Waals surface area contributed by atoms with Gasteiger partial charge in [0.25, 0.3) is 0 Å². The molecule has 0 bridgehead atoms. The summed E-state index contributed by atoms with van der Waals surface area (Å²) in [7, 11) is -0.493. The summed E-state index contributed by atoms with van der Waals surface area (Å²) >= 11 is 0. The van der Waals surface area contributed by atoms with E-state index in [9.17, 15) is 13.2 Å². The van der Waals surface area contributed by atoms with Gasteiger partial charge in [-0.25, -0.2) is 17.7 Å². The number of imidazole rings is 1. The Morgan fingerprint density at radius 3 is 2.56 bits per heavy atom. The Labute approximate surface area is 202 Å². The molecule has 0 spiro atoms. The van der Waals surface area contributed by atoms with Gasteiger partial charge in [-0.3, -0.25) is 4.79 Å². The molecule has 1 aliphatic rings. The summed E-state index contributed by atoms with van der Waals surface area (Å²) in [5.74, 6) is 0.957. The highest BCUT2D eigenvalue weighted by atomic mass is 32.2. The van der Waals surface area contributed by atoms with E-state index in [1.807, 2.05) is 17.9 Å². The van der Waals surface area contributed by atoms with Crippen LogP contribution in [0.1, 0.15) is 54.7 Å². The van der Waals surface area contributed by atoms with Crippen molar-refractivity contribution in [2.24, 2.45) is 0 Å². The minimum absolute atomic E-state index is 0.135. The Bertz CT molecular complexity index is 1330. The van der Waals surface area contributed by atoms with Gasteiger partial charge in [-0.1, -0.05) is 18.2 Å². The van der Waals surface area contributed by atoms with Crippen LogP contribution in [0, 0.1) is 13.8 Å². The van der Waals surface area contributed by atoms with Crippen LogP contribution in [-0.2, 0) is 27.8 Å². The normalized spacial score (nSPS) is 16.6. The summed E-state index contributed by atoms with van der Waals surface area (Å²) in [6.07, 6.45) is 2.91. The molecule has 1 aromatic heterocycles. The third-order valence-corrected chi connectivity index (χ3v) is 8.76. The molecule has 2 heterocycles. The molecule has 8 heteroatoms. The van der Waals surface area contributed by atoms with Crippen LogP contribution in [0.5, 0.6) is 0 Å². The first-order chi connectivity index (χ1) is 16.1. The number of hydrogen-bond acceptors (Lipinski definition) is 4. The zero-order valence-electron chi connectivity index (χ0n) is 20.7. The molecule has 7 nitrogen and oxygen atoms in total. The highest BCUT2D eigenvalue weighted by Gasteiger charge is 2.30. The SMILES string of the molecule is CCn1c(CCC(=O)N2CCCC2c2ccc(C)c(C)c2)nc2cc(S(=O)(=O)N(C)C)ccc21. The van der Waals surface area contributed by atoms with Crippen LogP contribution in [0.25, 0.3) is 11.0 Å². The number of fused-ring (bicyclic) bond motifs is 1. The smallest absolute Gasteiger partial charge is 0.242 e. The van der Waals surface area contributed by atoms with Gasteiger partial charge in [0, 0.05) is 40.0 Å². The molecule has 1 amide bonds. The molecule has 1 fully saturated rings. The molecule has 2 aromatic carbocycles. The number of likely N-dealkylation sites (tertiary alicyclic amines) is 1. The van der Waals surface area contributed by atoms with Crippen LogP contribution in [0.15, 0.2) is 41.3 Å². The molecule has 0 aliphatic carbocycles. The van der Waals surface area contributed by atoms with Crippen molar-refractivity contribution >= 4 is 27.0 Å². The van der Waals surface area contributed by atoms with E-state index in [0.717, 1.165) is 30.7 Å². The van der Waals surface area contributed by atoms with Crippen LogP contribution in [0.2, 0.25) is 0 Å². The summed E-state index contributed by atoms with van der Waals surface area (Å²) in [6.45, 7) is 7.74. The number of rotatable bonds is 7. The maximum absolute atomic E-state index is 13.2. The van der Waals surface area contributed by atoms with Crippen molar-refractivity contribution in [1.82, 2.24) is 18.8 Å². The Hall–Kier alpha value is -2.71. The monoisotopic (exact) mass is 482 g/mol. The van der Waals surface area contributed by atoms with E-state index in [2.05, 4.69) is 36.6 Å². The number of sulfonamides is 1. The first kappa shape index (κ1) is 24.4. The predicted octanol–water partition coefficient (Wildman–Crippen LogP) is 4.22. The zero-order valence-corrected chi connectivity index (χ0v) is 21.5. The number of nitrogens with zero attached hydrogens (tertiary/aromatic N) is 4. The fourth-order valence-corrected chi connectivity index (χ4v) is 5.74. The molecule has 1 unspecified atom stereocenters. The molecular weight excluding hydrogens is 448 g/mol. The van der Waals surface area contributed by atoms with Gasteiger partial charge in [-0.05, 0) is 68.5 Å². The predicted molar refractivity (Wildman–Crippen MR) is 134 cm³/mol. The Kier molecular flexibility index (Phi) is 6.82. The molecule has 1 aliphatic heterocycles. The Morgan fingerprint density at radius 2 is 1.88 bits per heavy atom. The maximum Gasteiger partial charge on any atom is 0.242 e. The van der Waals surface area contributed by atoms with Crippen molar-refractivity contribution in [3.8, 4) is 0 Å². The number of carbonyl (C=O) groups excluding carboxylic acids is 1. The molecule has 34 heavy (non-hydrogen) atoms. The van der Waals surface area contributed by atoms with Crippen LogP contribution in [-0.4, -0.2) is 53.7 Å². The molecular formula is C26H34N4O3S. The second-order valence-corrected chi connectivity index (χ2v) is 11.5. The average molecular weight is 483 g/mol. The fourth-order valence-electron chi connectivity index (χ4n) is 4.82. The second kappa shape index (κ2) is 9.50. The van der Waals surface area contributed by atoms with Crippen LogP contribution in [0.4, 0.5) is 0 Å². The van der Waals surface area contributed by atoms with E-state index in [1.54, 1.807) is 12.1 Å². The van der Waals surface area contributed by atoms with Gasteiger partial charge in [0.15, 0.2) is 0 Å². The van der Waals surface area contributed by atoms with E-state index in [4.69, 9.17) is 4.98 Å². The summed E-state index contributed by atoms with van der Waals surface area (Å²) in [4.78, 5) is 20.2. The van der Waals surface area contributed by atoms with Crippen molar-refractivity contribution in [2.75, 3.05) is 20.6 Å². The minimum atomic E-state index is -3.53. The van der Waals surface area contributed by atoms with Crippen molar-refractivity contribution < 1.29 is 13.2 Å². The van der Waals surface area contributed by atoms with Crippen molar-refractivity contribution in [1.29, 1.82) is 0 Å². The second-order valence-electron chi connectivity index (χ2n) is 9.30. The van der Waals surface area contributed by atoms with Crippen molar-refractivity contribution in [2.45, 2.75) is 63.9 Å². The highest BCUT2D eigenvalue weighted by molar-refractivity contribution is 7.89. The Balaban J connectivity index is 1.54. The molecule has 0 N–H and O–H groups in total. The first-order valence-corrected chi connectivity index (χ1v) is 13.4. The minimum Gasteiger partial charge on any atom is -0.336 e. The van der Waals surface area contributed by atoms with Crippen molar-refractivity contribution in [3.63, 3.8) is 0 Å². The van der Waals surface area contributed by atoms with E-state index < -0.39 is 10.0 Å². The molecule has 182 valence electrons. The lowest BCUT2D eigenvalue weighted by Gasteiger charge is -2.26. The number of amides is 1. The molecule has 1 saturated heterocycles. The molecule has 0 radical (unpaired) electrons. The zero-order chi connectivity index (χ0) is 24.6. The topological polar surface area (TPSA) is 75.5 Å². The van der Waals surface area contributed by atoms with Crippen LogP contribution < -0.4 is 0 Å². The van der Waals surface area contributed by atoms with Gasteiger partial charge < -0.3 is 9.47 Å². The summed E-state index contributed by atoms with van der Waals surface area (Å²) in [5.41, 5.74) is 5.26. The van der Waals surface area contributed by atoms with Gasteiger partial charge in [-0.2, -0.15) is 0 Å². The molecule has 4 rings (SSSR count). The first-order valence-electron chi connectivity index (χ1n) is 11.9. The number of aryl methyl sites for hydroxylation is 4. The number of carbonyl (C=O) groups is 1. The van der Waals surface area contributed by atoms with Gasteiger partial charge in [0.2, 0.25) is 15.9 Å². The summed E-state index contributed by atoms with van der Waals surface area (Å²) < 4.78 is 28.3. The highest BCUT2D eigenvalue weighted by Crippen LogP contribution is 2.33. The van der Waals surface area contributed by atoms with E-state index in [0.29, 0.717) is 24.9 Å². The third kappa shape index (κ3) is 4.49. The maximum atomic E-state index is 13.2. The van der Waals surface area contributed by atoms with Gasteiger partial charge in [-0.15, -0.1) is 0 Å². The van der Waals surface area contributed by atoms with Gasteiger partial charge in [0.05, 0.1) is 22.0 Å². The van der Waals surface area contributed by atoms with Crippen molar-refractivity contribution in [3.05, 3.63) is 58.9 Å². The lowest BCUT2D eigenvalue weighted by Crippen LogP contribution is -2.31. The summed E-state index contributed by atoms with van der Waals surface area (Å²) in [5, 5.41) is 0. The number of aromatic nitrogens is 2. The molecule has 0 saturated carbocycles. The quantitative estimate of drug-likeness (QED) is 0.505. The van der Waals surface area contributed by atoms with E-state index in [1.165, 1.54) is 35.1 Å². The number of hydrogen-bond donors (Lipinski definition) is 0. The molecule has 1 atom stereocenters. The lowest BCUT2D eigenvalue weighted by atomic mass is 9.99.